The highest BCUT2D eigenvalue weighted by Crippen LogP contribution is 2.34. The van der Waals surface area contributed by atoms with Crippen molar-refractivity contribution in [2.75, 3.05) is 25.6 Å². The summed E-state index contributed by atoms with van der Waals surface area (Å²) in [7, 11) is 1.45. The zero-order chi connectivity index (χ0) is 22.5. The first-order valence-electron chi connectivity index (χ1n) is 9.76. The molecule has 3 rings (SSSR count). The molecule has 1 fully saturated rings. The number of anilines is 1. The van der Waals surface area contributed by atoms with Crippen molar-refractivity contribution in [3.05, 3.63) is 58.0 Å². The average Bonchev–Trinajstić information content (AvgIpc) is 2.96. The maximum Gasteiger partial charge on any atom is 0.293 e. The number of carbonyl (C=O) groups is 3. The van der Waals surface area contributed by atoms with Crippen LogP contribution in [0.15, 0.2) is 41.3 Å². The van der Waals surface area contributed by atoms with E-state index in [1.807, 2.05) is 39.0 Å². The molecule has 1 aliphatic rings. The molecule has 8 heteroatoms. The molecular formula is C23H24N2O5S. The maximum atomic E-state index is 12.3. The van der Waals surface area contributed by atoms with Crippen molar-refractivity contribution in [3.8, 4) is 11.5 Å². The minimum atomic E-state index is -0.337. The number of imide groups is 1. The van der Waals surface area contributed by atoms with Crippen molar-refractivity contribution in [2.45, 2.75) is 20.8 Å². The van der Waals surface area contributed by atoms with Gasteiger partial charge in [-0.05, 0) is 67.9 Å². The molecule has 2 aromatic carbocycles. The van der Waals surface area contributed by atoms with Crippen LogP contribution in [-0.4, -0.2) is 42.2 Å². The van der Waals surface area contributed by atoms with Crippen LogP contribution in [0.4, 0.5) is 10.5 Å². The molecule has 0 bridgehead atoms. The Kier molecular flexibility index (Phi) is 7.02. The van der Waals surface area contributed by atoms with E-state index in [1.165, 1.54) is 7.05 Å². The Bertz CT molecular complexity index is 1060. The quantitative estimate of drug-likeness (QED) is 0.643. The summed E-state index contributed by atoms with van der Waals surface area (Å²) in [4.78, 5) is 37.5. The largest absolute Gasteiger partial charge is 0.490 e. The molecule has 0 aliphatic carbocycles. The molecule has 0 spiro atoms. The van der Waals surface area contributed by atoms with E-state index in [0.717, 1.165) is 33.5 Å². The molecule has 1 heterocycles. The van der Waals surface area contributed by atoms with E-state index >= 15 is 0 Å². The Morgan fingerprint density at radius 2 is 1.87 bits per heavy atom. The second-order valence-corrected chi connectivity index (χ2v) is 8.03. The standard InChI is InChI=1S/C23H24N2O5S/c1-5-29-19-11-16(12-20-22(27)25(4)23(28)31-20)7-9-18(19)30-13-21(26)24-17-8-6-14(2)10-15(17)3/h6-12H,5,13H2,1-4H3,(H,24,26)/b20-12+. The van der Waals surface area contributed by atoms with Crippen LogP contribution in [0.25, 0.3) is 6.08 Å². The van der Waals surface area contributed by atoms with Crippen LogP contribution in [0, 0.1) is 13.8 Å². The Hall–Kier alpha value is -3.26. The fraction of sp³-hybridized carbons (Fsp3) is 0.261. The van der Waals surface area contributed by atoms with Gasteiger partial charge >= 0.3 is 0 Å². The maximum absolute atomic E-state index is 12.3. The molecular weight excluding hydrogens is 416 g/mol. The van der Waals surface area contributed by atoms with Crippen LogP contribution >= 0.6 is 11.8 Å². The van der Waals surface area contributed by atoms with E-state index in [0.29, 0.717) is 28.6 Å². The van der Waals surface area contributed by atoms with E-state index in [1.54, 1.807) is 24.3 Å². The van der Waals surface area contributed by atoms with E-state index in [-0.39, 0.29) is 23.7 Å². The van der Waals surface area contributed by atoms with Gasteiger partial charge < -0.3 is 14.8 Å². The monoisotopic (exact) mass is 440 g/mol. The van der Waals surface area contributed by atoms with Crippen molar-refractivity contribution in [1.82, 2.24) is 4.90 Å². The van der Waals surface area contributed by atoms with Crippen LogP contribution < -0.4 is 14.8 Å². The molecule has 3 amide bonds. The normalized spacial score (nSPS) is 14.8. The number of nitrogens with zero attached hydrogens (tertiary/aromatic N) is 1. The summed E-state index contributed by atoms with van der Waals surface area (Å²) in [5.41, 5.74) is 3.53. The number of likely N-dealkylation sites (N-methyl/N-ethyl adjacent to an activating group) is 1. The van der Waals surface area contributed by atoms with Gasteiger partial charge in [-0.3, -0.25) is 19.3 Å². The van der Waals surface area contributed by atoms with E-state index in [2.05, 4.69) is 5.32 Å². The molecule has 0 atom stereocenters. The molecule has 1 saturated heterocycles. The van der Waals surface area contributed by atoms with Crippen molar-refractivity contribution < 1.29 is 23.9 Å². The van der Waals surface area contributed by atoms with Gasteiger partial charge in [0.1, 0.15) is 0 Å². The Morgan fingerprint density at radius 1 is 1.10 bits per heavy atom. The van der Waals surface area contributed by atoms with Crippen molar-refractivity contribution in [1.29, 1.82) is 0 Å². The van der Waals surface area contributed by atoms with Gasteiger partial charge in [-0.15, -0.1) is 0 Å². The Morgan fingerprint density at radius 3 is 2.52 bits per heavy atom. The molecule has 0 saturated carbocycles. The summed E-state index contributed by atoms with van der Waals surface area (Å²) < 4.78 is 11.3. The molecule has 0 aromatic heterocycles. The number of ether oxygens (including phenoxy) is 2. The second-order valence-electron chi connectivity index (χ2n) is 7.04. The molecule has 0 unspecified atom stereocenters. The van der Waals surface area contributed by atoms with E-state index < -0.39 is 0 Å². The first-order valence-corrected chi connectivity index (χ1v) is 10.6. The molecule has 1 aliphatic heterocycles. The van der Waals surface area contributed by atoms with Crippen molar-refractivity contribution in [2.24, 2.45) is 0 Å². The third kappa shape index (κ3) is 5.46. The summed E-state index contributed by atoms with van der Waals surface area (Å²) in [5, 5.41) is 2.53. The number of hydrogen-bond donors (Lipinski definition) is 1. The van der Waals surface area contributed by atoms with Crippen LogP contribution in [0.3, 0.4) is 0 Å². The summed E-state index contributed by atoms with van der Waals surface area (Å²) in [5.74, 6) is 0.246. The lowest BCUT2D eigenvalue weighted by molar-refractivity contribution is -0.121. The SMILES string of the molecule is CCOc1cc(/C=C2/SC(=O)N(C)C2=O)ccc1OCC(=O)Nc1ccc(C)cc1C. The molecule has 31 heavy (non-hydrogen) atoms. The first-order chi connectivity index (χ1) is 14.8. The predicted molar refractivity (Wildman–Crippen MR) is 121 cm³/mol. The lowest BCUT2D eigenvalue weighted by atomic mass is 10.1. The van der Waals surface area contributed by atoms with Gasteiger partial charge in [0, 0.05) is 12.7 Å². The van der Waals surface area contributed by atoms with Crippen LogP contribution in [0.1, 0.15) is 23.6 Å². The van der Waals surface area contributed by atoms with Crippen LogP contribution in [0.5, 0.6) is 11.5 Å². The summed E-state index contributed by atoms with van der Waals surface area (Å²) in [6, 6.07) is 10.9. The highest BCUT2D eigenvalue weighted by molar-refractivity contribution is 8.18. The molecule has 2 aromatic rings. The lowest BCUT2D eigenvalue weighted by Crippen LogP contribution is -2.22. The van der Waals surface area contributed by atoms with Gasteiger partial charge in [0.25, 0.3) is 17.1 Å². The molecule has 7 nitrogen and oxygen atoms in total. The summed E-state index contributed by atoms with van der Waals surface area (Å²) >= 11 is 0.891. The fourth-order valence-electron chi connectivity index (χ4n) is 2.98. The number of rotatable bonds is 7. The fourth-order valence-corrected chi connectivity index (χ4v) is 3.81. The minimum Gasteiger partial charge on any atom is -0.490 e. The lowest BCUT2D eigenvalue weighted by Gasteiger charge is -2.13. The van der Waals surface area contributed by atoms with Gasteiger partial charge in [-0.2, -0.15) is 0 Å². The predicted octanol–water partition coefficient (Wildman–Crippen LogP) is 4.39. The molecule has 1 N–H and O–H groups in total. The zero-order valence-electron chi connectivity index (χ0n) is 17.9. The van der Waals surface area contributed by atoms with Crippen molar-refractivity contribution in [3.63, 3.8) is 0 Å². The number of hydrogen-bond acceptors (Lipinski definition) is 6. The molecule has 162 valence electrons. The van der Waals surface area contributed by atoms with E-state index in [9.17, 15) is 14.4 Å². The van der Waals surface area contributed by atoms with Crippen LogP contribution in [0.2, 0.25) is 0 Å². The summed E-state index contributed by atoms with van der Waals surface area (Å²) in [6.07, 6.45) is 1.63. The van der Waals surface area contributed by atoms with Gasteiger partial charge in [0.15, 0.2) is 18.1 Å². The number of benzene rings is 2. The number of thioether (sulfide) groups is 1. The third-order valence-corrected chi connectivity index (χ3v) is 5.53. The number of amides is 3. The third-order valence-electron chi connectivity index (χ3n) is 4.57. The zero-order valence-corrected chi connectivity index (χ0v) is 18.7. The van der Waals surface area contributed by atoms with E-state index in [4.69, 9.17) is 9.47 Å². The number of nitrogens with one attached hydrogen (secondary N) is 1. The van der Waals surface area contributed by atoms with Gasteiger partial charge in [0.05, 0.1) is 11.5 Å². The van der Waals surface area contributed by atoms with Gasteiger partial charge in [-0.1, -0.05) is 23.8 Å². The smallest absolute Gasteiger partial charge is 0.293 e. The summed E-state index contributed by atoms with van der Waals surface area (Å²) in [6.45, 7) is 5.99. The number of carbonyl (C=O) groups excluding carboxylic acids is 3. The number of aryl methyl sites for hydroxylation is 2. The van der Waals surface area contributed by atoms with Crippen LogP contribution in [-0.2, 0) is 9.59 Å². The highest BCUT2D eigenvalue weighted by atomic mass is 32.2. The minimum absolute atomic E-state index is 0.179. The second kappa shape index (κ2) is 9.70. The average molecular weight is 441 g/mol. The van der Waals surface area contributed by atoms with Gasteiger partial charge in [0.2, 0.25) is 0 Å². The highest BCUT2D eigenvalue weighted by Gasteiger charge is 2.31. The first kappa shape index (κ1) is 22.4. The van der Waals surface area contributed by atoms with Gasteiger partial charge in [-0.25, -0.2) is 0 Å². The Balaban J connectivity index is 1.70. The van der Waals surface area contributed by atoms with Crippen molar-refractivity contribution >= 4 is 40.6 Å². The molecule has 0 radical (unpaired) electrons. The Labute approximate surface area is 185 Å². The topological polar surface area (TPSA) is 84.9 Å².